The Morgan fingerprint density at radius 1 is 0.632 bits per heavy atom. The quantitative estimate of drug-likeness (QED) is 0.0951. The van der Waals surface area contributed by atoms with E-state index < -0.39 is 68.5 Å². The van der Waals surface area contributed by atoms with Gasteiger partial charge in [0.1, 0.15) is 11.2 Å². The Morgan fingerprint density at radius 2 is 1.06 bits per heavy atom. The van der Waals surface area contributed by atoms with Crippen LogP contribution in [0.25, 0.3) is 0 Å². The number of halogens is 4. The number of carbonyl (C=O) groups is 4. The molecule has 1 saturated heterocycles. The van der Waals surface area contributed by atoms with Crippen molar-refractivity contribution in [1.82, 2.24) is 0 Å². The number of hydrogen-bond acceptors (Lipinski definition) is 10. The smallest absolute Gasteiger partial charge is 0.347 e. The molecule has 8 aliphatic carbocycles. The maximum atomic E-state index is 13.4. The predicted molar refractivity (Wildman–Crippen MR) is 249 cm³/mol. The Hall–Kier alpha value is -3.42. The lowest BCUT2D eigenvalue weighted by molar-refractivity contribution is -0.225. The minimum atomic E-state index is -1.75. The maximum absolute atomic E-state index is 13.4. The Balaban J connectivity index is 0.000000171. The van der Waals surface area contributed by atoms with Crippen LogP contribution in [0.3, 0.4) is 0 Å². The molecule has 8 saturated carbocycles. The first kappa shape index (κ1) is 55.5. The summed E-state index contributed by atoms with van der Waals surface area (Å²) in [5, 5.41) is 19.5. The van der Waals surface area contributed by atoms with E-state index in [9.17, 15) is 41.8 Å². The van der Waals surface area contributed by atoms with Crippen LogP contribution >= 0.6 is 0 Å². The highest BCUT2D eigenvalue weighted by atomic mass is 19.2. The van der Waals surface area contributed by atoms with Crippen LogP contribution in [0.4, 0.5) is 17.6 Å². The average molecular weight is 967 g/mol. The molecule has 0 radical (unpaired) electrons. The zero-order valence-corrected chi connectivity index (χ0v) is 43.2. The van der Waals surface area contributed by atoms with Crippen molar-refractivity contribution in [2.75, 3.05) is 6.61 Å². The van der Waals surface area contributed by atoms with Crippen molar-refractivity contribution in [1.29, 1.82) is 0 Å². The highest BCUT2D eigenvalue weighted by molar-refractivity contribution is 5.82. The summed E-state index contributed by atoms with van der Waals surface area (Å²) in [6.07, 6.45) is 14.7. The number of phenols is 1. The van der Waals surface area contributed by atoms with Crippen LogP contribution in [0.2, 0.25) is 0 Å². The Labute approximate surface area is 402 Å². The van der Waals surface area contributed by atoms with E-state index in [0.717, 1.165) is 50.4 Å². The van der Waals surface area contributed by atoms with E-state index in [1.54, 1.807) is 20.8 Å². The molecule has 0 spiro atoms. The van der Waals surface area contributed by atoms with Gasteiger partial charge in [-0.2, -0.15) is 8.78 Å². The van der Waals surface area contributed by atoms with E-state index in [-0.39, 0.29) is 34.5 Å². The Kier molecular flexibility index (Phi) is 16.6. The zero-order valence-electron chi connectivity index (χ0n) is 43.2. The summed E-state index contributed by atoms with van der Waals surface area (Å²) >= 11 is 0. The molecule has 68 heavy (non-hydrogen) atoms. The second kappa shape index (κ2) is 20.4. The molecular formula is C54H82F4O10. The zero-order chi connectivity index (χ0) is 51.2. The lowest BCUT2D eigenvalue weighted by atomic mass is 9.50. The van der Waals surface area contributed by atoms with E-state index in [0.29, 0.717) is 56.0 Å². The van der Waals surface area contributed by atoms with Crippen LogP contribution in [0.15, 0.2) is 0 Å². The van der Waals surface area contributed by atoms with E-state index in [1.807, 2.05) is 41.5 Å². The summed E-state index contributed by atoms with van der Waals surface area (Å²) in [5.41, 5.74) is -4.08. The number of hydrogen-bond donors (Lipinski definition) is 2. The minimum Gasteiger partial charge on any atom is -0.503 e. The highest BCUT2D eigenvalue weighted by Gasteiger charge is 2.60. The van der Waals surface area contributed by atoms with Gasteiger partial charge in [0, 0.05) is 18.4 Å². The fourth-order valence-corrected chi connectivity index (χ4v) is 11.9. The summed E-state index contributed by atoms with van der Waals surface area (Å²) in [4.78, 5) is 47.4. The van der Waals surface area contributed by atoms with E-state index in [4.69, 9.17) is 24.1 Å². The number of carbonyl (C=O) groups excluding carboxylic acids is 4. The van der Waals surface area contributed by atoms with E-state index in [1.165, 1.54) is 52.4 Å². The number of esters is 4. The average Bonchev–Trinajstić information content (AvgIpc) is 3.66. The monoisotopic (exact) mass is 967 g/mol. The van der Waals surface area contributed by atoms with E-state index >= 15 is 0 Å². The second-order valence-electron chi connectivity index (χ2n) is 24.4. The topological polar surface area (TPSA) is 146 Å². The van der Waals surface area contributed by atoms with Crippen molar-refractivity contribution in [3.8, 4) is 5.75 Å². The fraction of sp³-hybridized carbons (Fsp3) is 0.815. The van der Waals surface area contributed by atoms with Gasteiger partial charge < -0.3 is 29.2 Å². The van der Waals surface area contributed by atoms with E-state index in [2.05, 4.69) is 13.8 Å². The lowest BCUT2D eigenvalue weighted by Crippen LogP contribution is -2.61. The number of aromatic hydroxyl groups is 1. The van der Waals surface area contributed by atoms with Crippen molar-refractivity contribution in [2.45, 2.75) is 221 Å². The van der Waals surface area contributed by atoms with Gasteiger partial charge in [-0.15, -0.1) is 0 Å². The normalized spacial score (nSPS) is 32.1. The summed E-state index contributed by atoms with van der Waals surface area (Å²) in [6, 6.07) is 0. The molecule has 1 heterocycles. The number of phenolic OH excluding ortho intramolecular Hbond substituents is 1. The number of aliphatic hydroxyl groups is 1. The molecular weight excluding hydrogens is 885 g/mol. The predicted octanol–water partition coefficient (Wildman–Crippen LogP) is 12.1. The summed E-state index contributed by atoms with van der Waals surface area (Å²) in [7, 11) is 0. The molecule has 10 nitrogen and oxygen atoms in total. The van der Waals surface area contributed by atoms with Gasteiger partial charge in [0.25, 0.3) is 0 Å². The number of ether oxygens (including phenoxy) is 4. The van der Waals surface area contributed by atoms with Crippen molar-refractivity contribution >= 4 is 23.9 Å². The molecule has 1 aromatic rings. The molecule has 0 amide bonds. The van der Waals surface area contributed by atoms with Gasteiger partial charge in [-0.1, -0.05) is 41.5 Å². The van der Waals surface area contributed by atoms with Gasteiger partial charge >= 0.3 is 23.9 Å². The molecule has 3 atom stereocenters. The van der Waals surface area contributed by atoms with Crippen molar-refractivity contribution < 1.29 is 65.9 Å². The Morgan fingerprint density at radius 3 is 1.46 bits per heavy atom. The molecule has 10 rings (SSSR count). The molecule has 9 fully saturated rings. The second-order valence-corrected chi connectivity index (χ2v) is 24.4. The number of cyclic esters (lactones) is 1. The van der Waals surface area contributed by atoms with Crippen molar-refractivity contribution in [3.05, 3.63) is 28.8 Å². The maximum Gasteiger partial charge on any atom is 0.347 e. The molecule has 3 unspecified atom stereocenters. The summed E-state index contributed by atoms with van der Waals surface area (Å²) in [5.74, 6) is -4.81. The minimum absolute atomic E-state index is 0.0185. The highest BCUT2D eigenvalue weighted by Crippen LogP contribution is 2.61. The van der Waals surface area contributed by atoms with Gasteiger partial charge in [0.05, 0.1) is 28.5 Å². The SMILES string of the molecule is CCC(C)(C)C(=O)OC1(C)C2CC3CC(C2)CC1C3.CCC(C)(C)C(=O)OC12CC3CC(CC(O)(C3)C1)C2.CCC(C)(C)C(=O)OC1CCOC1=O.CCC(C)(C)c1c(F)c(F)c(O)c(F)c1F. The molecule has 1 aromatic carbocycles. The summed E-state index contributed by atoms with van der Waals surface area (Å²) < 4.78 is 74.9. The molecule has 386 valence electrons. The fourth-order valence-electron chi connectivity index (χ4n) is 11.9. The van der Waals surface area contributed by atoms with Gasteiger partial charge in [-0.05, 0) is 179 Å². The van der Waals surface area contributed by atoms with Crippen molar-refractivity contribution in [2.24, 2.45) is 51.8 Å². The van der Waals surface area contributed by atoms with Crippen LogP contribution in [0, 0.1) is 75.0 Å². The first-order chi connectivity index (χ1) is 31.3. The lowest BCUT2D eigenvalue weighted by Gasteiger charge is -2.59. The molecule has 8 bridgehead atoms. The van der Waals surface area contributed by atoms with Crippen LogP contribution in [0.5, 0.6) is 5.75 Å². The van der Waals surface area contributed by atoms with Crippen LogP contribution < -0.4 is 0 Å². The molecule has 9 aliphatic rings. The standard InChI is InChI=1S/C17H28O2.C16H26O3.C11H12F4O.C10H16O4/c1-5-16(2,3)15(18)19-17(4)13-7-11-6-12(9-13)10-14(17)8-11;1-4-14(2,3)13(17)19-16-8-11-5-12(9-16)7-15(18,6-11)10-16;1-4-11(2,3)5-6(12)8(14)10(16)9(15)7(5)13;1-4-10(2,3)9(12)14-7-5-6-13-8(7)11/h11-14H,5-10H2,1-4H3;11-12,18H,4-10H2,1-3H3;16H,4H2,1-3H3;7H,4-6H2,1-3H3. The first-order valence-electron chi connectivity index (χ1n) is 25.4. The van der Waals surface area contributed by atoms with Gasteiger partial charge in [0.15, 0.2) is 17.4 Å². The number of benzene rings is 1. The third kappa shape index (κ3) is 11.7. The largest absolute Gasteiger partial charge is 0.503 e. The van der Waals surface area contributed by atoms with Crippen LogP contribution in [-0.2, 0) is 43.5 Å². The Bertz CT molecular complexity index is 1950. The third-order valence-corrected chi connectivity index (χ3v) is 17.6. The first-order valence-corrected chi connectivity index (χ1v) is 25.4. The summed E-state index contributed by atoms with van der Waals surface area (Å²) in [6.45, 7) is 24.7. The molecule has 0 aromatic heterocycles. The van der Waals surface area contributed by atoms with Crippen LogP contribution in [-0.4, -0.2) is 63.6 Å². The third-order valence-electron chi connectivity index (χ3n) is 17.6. The van der Waals surface area contributed by atoms with Crippen molar-refractivity contribution in [3.63, 3.8) is 0 Å². The number of rotatable bonds is 11. The molecule has 1 aliphatic heterocycles. The van der Waals surface area contributed by atoms with Gasteiger partial charge in [0.2, 0.25) is 17.7 Å². The van der Waals surface area contributed by atoms with Crippen LogP contribution in [0.1, 0.15) is 198 Å². The molecule has 2 N–H and O–H groups in total. The van der Waals surface area contributed by atoms with Gasteiger partial charge in [-0.25, -0.2) is 13.6 Å². The van der Waals surface area contributed by atoms with Gasteiger partial charge in [-0.3, -0.25) is 14.4 Å². The molecule has 14 heteroatoms.